The minimum Gasteiger partial charge on any atom is -0.352 e. The van der Waals surface area contributed by atoms with E-state index in [2.05, 4.69) is 15.0 Å². The maximum Gasteiger partial charge on any atom is 0.290 e. The number of halogens is 1. The summed E-state index contributed by atoms with van der Waals surface area (Å²) in [6.07, 6.45) is 1.57. The lowest BCUT2D eigenvalue weighted by Crippen LogP contribution is -2.52. The molecule has 4 aromatic rings. The molecule has 8 nitrogen and oxygen atoms in total. The lowest BCUT2D eigenvalue weighted by molar-refractivity contribution is -0.139. The Morgan fingerprint density at radius 1 is 1.03 bits per heavy atom. The van der Waals surface area contributed by atoms with E-state index in [1.54, 1.807) is 12.1 Å². The van der Waals surface area contributed by atoms with Crippen molar-refractivity contribution < 1.29 is 18.8 Å². The molecular weight excluding hydrogens is 485 g/mol. The van der Waals surface area contributed by atoms with Gasteiger partial charge in [0.15, 0.2) is 11.6 Å². The summed E-state index contributed by atoms with van der Waals surface area (Å²) in [6, 6.07) is 13.4. The van der Waals surface area contributed by atoms with Gasteiger partial charge in [-0.1, -0.05) is 32.4 Å². The van der Waals surface area contributed by atoms with Crippen molar-refractivity contribution in [3.05, 3.63) is 65.9 Å². The topological polar surface area (TPSA) is 102 Å². The highest BCUT2D eigenvalue weighted by Gasteiger charge is 2.49. The number of carbonyl (C=O) groups is 3. The normalized spacial score (nSPS) is 20.4. The van der Waals surface area contributed by atoms with Crippen LogP contribution in [0, 0.1) is 17.7 Å². The first-order chi connectivity index (χ1) is 18.3. The molecule has 4 heterocycles. The molecule has 0 radical (unpaired) electrons. The Kier molecular flexibility index (Phi) is 6.01. The highest BCUT2D eigenvalue weighted by molar-refractivity contribution is 6.01. The molecule has 6 rings (SSSR count). The van der Waals surface area contributed by atoms with E-state index in [1.165, 1.54) is 12.1 Å². The predicted octanol–water partition coefficient (Wildman–Crippen LogP) is 4.54. The number of piperazine rings is 1. The molecular formula is C29H30FN5O3. The van der Waals surface area contributed by atoms with Crippen LogP contribution in [0.15, 0.2) is 48.5 Å². The van der Waals surface area contributed by atoms with E-state index in [1.807, 2.05) is 47.9 Å². The van der Waals surface area contributed by atoms with Gasteiger partial charge >= 0.3 is 0 Å². The zero-order chi connectivity index (χ0) is 26.6. The van der Waals surface area contributed by atoms with Crippen LogP contribution < -0.4 is 0 Å². The van der Waals surface area contributed by atoms with Gasteiger partial charge in [-0.2, -0.15) is 0 Å². The molecule has 2 aliphatic heterocycles. The molecule has 0 saturated carbocycles. The van der Waals surface area contributed by atoms with Crippen molar-refractivity contribution in [1.29, 1.82) is 0 Å². The average molecular weight is 516 g/mol. The van der Waals surface area contributed by atoms with Gasteiger partial charge in [0.1, 0.15) is 5.82 Å². The Hall–Kier alpha value is -4.01. The molecule has 4 atom stereocenters. The number of carbonyl (C=O) groups excluding carboxylic acids is 3. The van der Waals surface area contributed by atoms with Crippen molar-refractivity contribution in [3.8, 4) is 0 Å². The quantitative estimate of drug-likeness (QED) is 0.353. The van der Waals surface area contributed by atoms with E-state index < -0.39 is 5.92 Å². The molecule has 2 bridgehead atoms. The number of aromatic nitrogens is 3. The number of aromatic amines is 2. The monoisotopic (exact) mass is 515 g/mol. The average Bonchev–Trinajstić information content (AvgIpc) is 3.71. The van der Waals surface area contributed by atoms with Crippen LogP contribution in [-0.4, -0.2) is 67.5 Å². The van der Waals surface area contributed by atoms with Crippen LogP contribution in [0.25, 0.3) is 21.9 Å². The van der Waals surface area contributed by atoms with Gasteiger partial charge in [-0.3, -0.25) is 14.4 Å². The third kappa shape index (κ3) is 4.15. The summed E-state index contributed by atoms with van der Waals surface area (Å²) in [5, 5.41) is 0.630. The molecule has 2 fully saturated rings. The van der Waals surface area contributed by atoms with Crippen molar-refractivity contribution in [2.24, 2.45) is 11.8 Å². The van der Waals surface area contributed by atoms with E-state index in [4.69, 9.17) is 0 Å². The van der Waals surface area contributed by atoms with Gasteiger partial charge in [-0.25, -0.2) is 9.37 Å². The fourth-order valence-corrected chi connectivity index (χ4v) is 5.97. The Morgan fingerprint density at radius 2 is 1.79 bits per heavy atom. The standard InChI is InChI=1S/C29H30FN5O3/c1-3-16(2)21(13-26(36)25-11-17-10-18(30)8-9-22(17)31-25)28(37)34-14-20-12-19(34)15-35(20)29(38)27-32-23-6-4-5-7-24(23)33-27/h4-11,16,19-21,31H,3,12-15H2,1-2H3,(H,32,33)/t16-,19-,20-,21-/m0/s1. The molecule has 0 unspecified atom stereocenters. The summed E-state index contributed by atoms with van der Waals surface area (Å²) in [5.41, 5.74) is 2.64. The Balaban J connectivity index is 1.16. The first-order valence-corrected chi connectivity index (χ1v) is 13.2. The first-order valence-electron chi connectivity index (χ1n) is 13.2. The second-order valence-electron chi connectivity index (χ2n) is 10.6. The van der Waals surface area contributed by atoms with E-state index in [0.717, 1.165) is 23.9 Å². The van der Waals surface area contributed by atoms with Gasteiger partial charge in [-0.15, -0.1) is 0 Å². The number of H-pyrrole nitrogens is 2. The summed E-state index contributed by atoms with van der Waals surface area (Å²) in [5.74, 6) is -0.831. The lowest BCUT2D eigenvalue weighted by Gasteiger charge is -2.36. The maximum atomic E-state index is 13.8. The molecule has 2 aromatic carbocycles. The molecule has 2 aliphatic rings. The second kappa shape index (κ2) is 9.38. The van der Waals surface area contributed by atoms with Crippen LogP contribution in [0.3, 0.4) is 0 Å². The number of fused-ring (bicyclic) bond motifs is 4. The van der Waals surface area contributed by atoms with Crippen LogP contribution in [0.4, 0.5) is 4.39 Å². The number of Topliss-reactive ketones (excluding diaryl/α,β-unsaturated/α-hetero) is 1. The summed E-state index contributed by atoms with van der Waals surface area (Å²) in [6.45, 7) is 4.94. The summed E-state index contributed by atoms with van der Waals surface area (Å²) < 4.78 is 13.6. The number of nitrogens with zero attached hydrogens (tertiary/aromatic N) is 3. The first kappa shape index (κ1) is 24.3. The van der Waals surface area contributed by atoms with Gasteiger partial charge in [-0.05, 0) is 48.7 Å². The third-order valence-corrected chi connectivity index (χ3v) is 8.31. The number of para-hydroxylation sites is 2. The highest BCUT2D eigenvalue weighted by Crippen LogP contribution is 2.35. The molecule has 9 heteroatoms. The van der Waals surface area contributed by atoms with Gasteiger partial charge in [0.2, 0.25) is 5.91 Å². The van der Waals surface area contributed by atoms with Crippen molar-refractivity contribution in [3.63, 3.8) is 0 Å². The predicted molar refractivity (Wildman–Crippen MR) is 141 cm³/mol. The molecule has 2 N–H and O–H groups in total. The minimum absolute atomic E-state index is 0.0145. The fourth-order valence-electron chi connectivity index (χ4n) is 5.97. The number of rotatable bonds is 7. The van der Waals surface area contributed by atoms with E-state index >= 15 is 0 Å². The molecule has 0 aliphatic carbocycles. The van der Waals surface area contributed by atoms with Gasteiger partial charge in [0.05, 0.1) is 28.8 Å². The summed E-state index contributed by atoms with van der Waals surface area (Å²) in [4.78, 5) is 54.5. The Bertz CT molecular complexity index is 1530. The van der Waals surface area contributed by atoms with E-state index in [9.17, 15) is 18.8 Å². The van der Waals surface area contributed by atoms with Crippen LogP contribution in [0.2, 0.25) is 0 Å². The lowest BCUT2D eigenvalue weighted by atomic mass is 9.85. The van der Waals surface area contributed by atoms with E-state index in [-0.39, 0.29) is 47.8 Å². The Labute approximate surface area is 219 Å². The largest absolute Gasteiger partial charge is 0.352 e. The molecule has 196 valence electrons. The minimum atomic E-state index is -0.463. The fraction of sp³-hybridized carbons (Fsp3) is 0.379. The van der Waals surface area contributed by atoms with Gasteiger partial charge in [0.25, 0.3) is 5.91 Å². The maximum absolute atomic E-state index is 13.8. The smallest absolute Gasteiger partial charge is 0.290 e. The molecule has 2 amide bonds. The van der Waals surface area contributed by atoms with Gasteiger partial charge < -0.3 is 19.8 Å². The number of hydrogen-bond donors (Lipinski definition) is 2. The molecule has 2 saturated heterocycles. The number of ketones is 1. The summed E-state index contributed by atoms with van der Waals surface area (Å²) in [7, 11) is 0. The zero-order valence-corrected chi connectivity index (χ0v) is 21.4. The molecule has 2 aromatic heterocycles. The van der Waals surface area contributed by atoms with E-state index in [0.29, 0.717) is 35.5 Å². The number of nitrogens with one attached hydrogen (secondary N) is 2. The molecule has 38 heavy (non-hydrogen) atoms. The van der Waals surface area contributed by atoms with Crippen molar-refractivity contribution in [1.82, 2.24) is 24.8 Å². The van der Waals surface area contributed by atoms with Crippen LogP contribution >= 0.6 is 0 Å². The SMILES string of the molecule is CC[C@H](C)[C@H](CC(=O)c1cc2cc(F)ccc2[nH]1)C(=O)N1C[C@@H]2C[C@H]1CN2C(=O)c1nc2ccccc2[nH]1. The van der Waals surface area contributed by atoms with Crippen LogP contribution in [0.1, 0.15) is 54.2 Å². The Morgan fingerprint density at radius 3 is 2.53 bits per heavy atom. The third-order valence-electron chi connectivity index (χ3n) is 8.31. The van der Waals surface area contributed by atoms with Gasteiger partial charge in [0, 0.05) is 36.3 Å². The number of hydrogen-bond acceptors (Lipinski definition) is 4. The zero-order valence-electron chi connectivity index (χ0n) is 21.4. The van der Waals surface area contributed by atoms with Crippen LogP contribution in [-0.2, 0) is 4.79 Å². The van der Waals surface area contributed by atoms with Crippen molar-refractivity contribution in [2.75, 3.05) is 13.1 Å². The number of likely N-dealkylation sites (tertiary alicyclic amines) is 2. The number of benzene rings is 2. The number of amides is 2. The second-order valence-corrected chi connectivity index (χ2v) is 10.6. The van der Waals surface area contributed by atoms with Crippen molar-refractivity contribution >= 4 is 39.5 Å². The molecule has 0 spiro atoms. The van der Waals surface area contributed by atoms with Crippen LogP contribution in [0.5, 0.6) is 0 Å². The van der Waals surface area contributed by atoms with Crippen molar-refractivity contribution in [2.45, 2.75) is 45.2 Å². The number of imidazole rings is 1. The summed E-state index contributed by atoms with van der Waals surface area (Å²) >= 11 is 0. The highest BCUT2D eigenvalue weighted by atomic mass is 19.1.